The van der Waals surface area contributed by atoms with Crippen molar-refractivity contribution in [2.45, 2.75) is 31.7 Å². The molecule has 1 aromatic carbocycles. The lowest BCUT2D eigenvalue weighted by Crippen LogP contribution is -2.58. The second-order valence-corrected chi connectivity index (χ2v) is 8.47. The molecule has 33 heavy (non-hydrogen) atoms. The van der Waals surface area contributed by atoms with Crippen molar-refractivity contribution >= 4 is 11.8 Å². The van der Waals surface area contributed by atoms with Gasteiger partial charge >= 0.3 is 0 Å². The van der Waals surface area contributed by atoms with Crippen LogP contribution in [0.4, 0.5) is 0 Å². The van der Waals surface area contributed by atoms with E-state index in [0.717, 1.165) is 28.8 Å². The van der Waals surface area contributed by atoms with Crippen LogP contribution in [0.1, 0.15) is 34.5 Å². The van der Waals surface area contributed by atoms with E-state index < -0.39 is 5.54 Å². The van der Waals surface area contributed by atoms with E-state index >= 15 is 0 Å². The number of rotatable bonds is 7. The minimum Gasteiger partial charge on any atom is -0.351 e. The fourth-order valence-corrected chi connectivity index (χ4v) is 4.56. The van der Waals surface area contributed by atoms with Crippen molar-refractivity contribution in [3.05, 3.63) is 84.5 Å². The number of nitrogens with one attached hydrogen (secondary N) is 1. The van der Waals surface area contributed by atoms with Gasteiger partial charge in [0, 0.05) is 44.6 Å². The highest BCUT2D eigenvalue weighted by Crippen LogP contribution is 2.35. The average Bonchev–Trinajstić information content (AvgIpc) is 3.42. The summed E-state index contributed by atoms with van der Waals surface area (Å²) in [6.07, 6.45) is 8.59. The van der Waals surface area contributed by atoms with Gasteiger partial charge in [0.05, 0.1) is 11.8 Å². The molecule has 170 valence electrons. The standard InChI is InChI=1S/C26H29N5O2/c1-4-13-28-25(33)26(12-5-16-31(26)24(32)23-18-29-30(3)19(23)2)17-20-6-8-21(9-7-20)22-10-14-27-15-11-22/h4,6-11,14-15,18H,1,5,12-13,16-17H2,2-3H3,(H,28,33). The van der Waals surface area contributed by atoms with Crippen LogP contribution in [0.15, 0.2) is 67.6 Å². The Labute approximate surface area is 194 Å². The summed E-state index contributed by atoms with van der Waals surface area (Å²) in [4.78, 5) is 32.9. The summed E-state index contributed by atoms with van der Waals surface area (Å²) in [7, 11) is 1.81. The third-order valence-electron chi connectivity index (χ3n) is 6.49. The molecule has 4 rings (SSSR count). The number of carbonyl (C=O) groups excluding carboxylic acids is 2. The molecule has 1 N–H and O–H groups in total. The molecule has 1 unspecified atom stereocenters. The molecule has 0 bridgehead atoms. The smallest absolute Gasteiger partial charge is 0.258 e. The number of carbonyl (C=O) groups is 2. The summed E-state index contributed by atoms with van der Waals surface area (Å²) in [5, 5.41) is 7.17. The highest BCUT2D eigenvalue weighted by atomic mass is 16.2. The van der Waals surface area contributed by atoms with E-state index in [1.54, 1.807) is 34.2 Å². The van der Waals surface area contributed by atoms with Gasteiger partial charge in [-0.2, -0.15) is 5.10 Å². The number of likely N-dealkylation sites (tertiary alicyclic amines) is 1. The fraction of sp³-hybridized carbons (Fsp3) is 0.308. The monoisotopic (exact) mass is 443 g/mol. The van der Waals surface area contributed by atoms with Crippen molar-refractivity contribution in [2.24, 2.45) is 7.05 Å². The highest BCUT2D eigenvalue weighted by Gasteiger charge is 2.50. The summed E-state index contributed by atoms with van der Waals surface area (Å²) in [5.74, 6) is -0.298. The van der Waals surface area contributed by atoms with Gasteiger partial charge in [0.15, 0.2) is 0 Å². The summed E-state index contributed by atoms with van der Waals surface area (Å²) < 4.78 is 1.68. The molecule has 1 aliphatic rings. The Kier molecular flexibility index (Phi) is 6.40. The van der Waals surface area contributed by atoms with Crippen LogP contribution in [0.5, 0.6) is 0 Å². The van der Waals surface area contributed by atoms with Gasteiger partial charge in [-0.3, -0.25) is 19.3 Å². The maximum absolute atomic E-state index is 13.6. The molecule has 1 saturated heterocycles. The Bertz CT molecular complexity index is 1150. The Morgan fingerprint density at radius 2 is 1.85 bits per heavy atom. The minimum atomic E-state index is -0.958. The maximum atomic E-state index is 13.6. The third-order valence-corrected chi connectivity index (χ3v) is 6.49. The van der Waals surface area contributed by atoms with Crippen LogP contribution in [-0.2, 0) is 18.3 Å². The highest BCUT2D eigenvalue weighted by molar-refractivity contribution is 6.00. The molecule has 2 amide bonds. The molecule has 1 atom stereocenters. The quantitative estimate of drug-likeness (QED) is 0.568. The van der Waals surface area contributed by atoms with Crippen LogP contribution in [0.2, 0.25) is 0 Å². The van der Waals surface area contributed by atoms with E-state index in [0.29, 0.717) is 31.5 Å². The molecule has 2 aromatic heterocycles. The van der Waals surface area contributed by atoms with Gasteiger partial charge < -0.3 is 10.2 Å². The first-order chi connectivity index (χ1) is 16.0. The summed E-state index contributed by atoms with van der Waals surface area (Å²) in [5.41, 5.74) is 3.53. The summed E-state index contributed by atoms with van der Waals surface area (Å²) in [6, 6.07) is 12.1. The fourth-order valence-electron chi connectivity index (χ4n) is 4.56. The molecule has 1 aliphatic heterocycles. The molecule has 0 aliphatic carbocycles. The largest absolute Gasteiger partial charge is 0.351 e. The van der Waals surface area contributed by atoms with E-state index in [1.807, 2.05) is 50.4 Å². The Hall–Kier alpha value is -3.74. The van der Waals surface area contributed by atoms with Crippen LogP contribution in [0.3, 0.4) is 0 Å². The minimum absolute atomic E-state index is 0.145. The topological polar surface area (TPSA) is 80.1 Å². The van der Waals surface area contributed by atoms with Crippen LogP contribution in [-0.4, -0.2) is 50.1 Å². The van der Waals surface area contributed by atoms with Crippen LogP contribution in [0.25, 0.3) is 11.1 Å². The summed E-state index contributed by atoms with van der Waals surface area (Å²) in [6.45, 7) is 6.47. The zero-order valence-electron chi connectivity index (χ0n) is 19.1. The normalized spacial score (nSPS) is 17.7. The molecule has 0 spiro atoms. The lowest BCUT2D eigenvalue weighted by molar-refractivity contribution is -0.130. The second-order valence-electron chi connectivity index (χ2n) is 8.47. The van der Waals surface area contributed by atoms with Crippen molar-refractivity contribution in [3.8, 4) is 11.1 Å². The molecule has 3 heterocycles. The molecular weight excluding hydrogens is 414 g/mol. The van der Waals surface area contributed by atoms with Gasteiger partial charge in [0.1, 0.15) is 5.54 Å². The first kappa shape index (κ1) is 22.5. The van der Waals surface area contributed by atoms with Crippen molar-refractivity contribution in [1.82, 2.24) is 25.0 Å². The number of aromatic nitrogens is 3. The van der Waals surface area contributed by atoms with Gasteiger partial charge in [0.2, 0.25) is 5.91 Å². The SMILES string of the molecule is C=CCNC(=O)C1(Cc2ccc(-c3ccncc3)cc2)CCCN1C(=O)c1cnn(C)c1C. The molecule has 0 radical (unpaired) electrons. The van der Waals surface area contributed by atoms with E-state index in [4.69, 9.17) is 0 Å². The van der Waals surface area contributed by atoms with E-state index in [9.17, 15) is 9.59 Å². The summed E-state index contributed by atoms with van der Waals surface area (Å²) >= 11 is 0. The molecule has 7 heteroatoms. The predicted octanol–water partition coefficient (Wildman–Crippen LogP) is 3.31. The zero-order valence-corrected chi connectivity index (χ0v) is 19.1. The average molecular weight is 444 g/mol. The number of benzene rings is 1. The van der Waals surface area contributed by atoms with Crippen molar-refractivity contribution in [3.63, 3.8) is 0 Å². The van der Waals surface area contributed by atoms with Gasteiger partial charge in [-0.15, -0.1) is 6.58 Å². The van der Waals surface area contributed by atoms with Crippen molar-refractivity contribution < 1.29 is 9.59 Å². The Morgan fingerprint density at radius 1 is 1.15 bits per heavy atom. The number of pyridine rings is 1. The number of hydrogen-bond acceptors (Lipinski definition) is 4. The lowest BCUT2D eigenvalue weighted by atomic mass is 9.86. The molecule has 0 saturated carbocycles. The molecule has 7 nitrogen and oxygen atoms in total. The van der Waals surface area contributed by atoms with Crippen LogP contribution in [0, 0.1) is 6.92 Å². The van der Waals surface area contributed by atoms with E-state index in [1.165, 1.54) is 0 Å². The number of nitrogens with zero attached hydrogens (tertiary/aromatic N) is 4. The first-order valence-electron chi connectivity index (χ1n) is 11.2. The van der Waals surface area contributed by atoms with E-state index in [-0.39, 0.29) is 11.8 Å². The van der Waals surface area contributed by atoms with Crippen molar-refractivity contribution in [1.29, 1.82) is 0 Å². The van der Waals surface area contributed by atoms with Crippen molar-refractivity contribution in [2.75, 3.05) is 13.1 Å². The Morgan fingerprint density at radius 3 is 2.48 bits per heavy atom. The second kappa shape index (κ2) is 9.40. The van der Waals surface area contributed by atoms with Crippen LogP contribution < -0.4 is 5.32 Å². The predicted molar refractivity (Wildman–Crippen MR) is 128 cm³/mol. The number of hydrogen-bond donors (Lipinski definition) is 1. The molecular formula is C26H29N5O2. The first-order valence-corrected chi connectivity index (χ1v) is 11.2. The van der Waals surface area contributed by atoms with Gasteiger partial charge in [-0.1, -0.05) is 30.3 Å². The van der Waals surface area contributed by atoms with Crippen LogP contribution >= 0.6 is 0 Å². The third kappa shape index (κ3) is 4.31. The zero-order chi connectivity index (χ0) is 23.4. The maximum Gasteiger partial charge on any atom is 0.258 e. The number of amides is 2. The van der Waals surface area contributed by atoms with Gasteiger partial charge in [0.25, 0.3) is 5.91 Å². The molecule has 1 fully saturated rings. The van der Waals surface area contributed by atoms with Gasteiger partial charge in [-0.05, 0) is 48.6 Å². The lowest BCUT2D eigenvalue weighted by Gasteiger charge is -2.37. The Balaban J connectivity index is 1.67. The number of aryl methyl sites for hydroxylation is 1. The van der Waals surface area contributed by atoms with E-state index in [2.05, 4.69) is 22.0 Å². The molecule has 3 aromatic rings. The van der Waals surface area contributed by atoms with Gasteiger partial charge in [-0.25, -0.2) is 0 Å².